The van der Waals surface area contributed by atoms with Gasteiger partial charge in [-0.05, 0) is 12.8 Å². The third-order valence-corrected chi connectivity index (χ3v) is 3.15. The number of ether oxygens (including phenoxy) is 1. The fourth-order valence-corrected chi connectivity index (χ4v) is 2.21. The average molecular weight is 211 g/mol. The first-order valence-corrected chi connectivity index (χ1v) is 5.33. The molecule has 1 aromatic heterocycles. The van der Waals surface area contributed by atoms with Crippen molar-refractivity contribution in [2.24, 2.45) is 5.73 Å². The lowest BCUT2D eigenvalue weighted by molar-refractivity contribution is 0.174. The van der Waals surface area contributed by atoms with Crippen molar-refractivity contribution in [1.29, 1.82) is 0 Å². The maximum Gasteiger partial charge on any atom is 0.234 e. The van der Waals surface area contributed by atoms with Crippen LogP contribution in [0.3, 0.4) is 0 Å². The van der Waals surface area contributed by atoms with E-state index >= 15 is 0 Å². The molecule has 0 unspecified atom stereocenters. The molecule has 0 aromatic carbocycles. The molecule has 2 N–H and O–H groups in total. The fraction of sp³-hybridized carbons (Fsp3) is 0.800. The van der Waals surface area contributed by atoms with Crippen LogP contribution in [0.1, 0.15) is 37.4 Å². The van der Waals surface area contributed by atoms with E-state index in [1.807, 2.05) is 0 Å². The lowest BCUT2D eigenvalue weighted by atomic mass is 9.86. The normalized spacial score (nSPS) is 19.6. The summed E-state index contributed by atoms with van der Waals surface area (Å²) in [6.45, 7) is 0.978. The SMILES string of the molecule is COCc1noc(C2(CN)CCCC2)n1. The van der Waals surface area contributed by atoms with E-state index in [1.165, 1.54) is 12.8 Å². The zero-order valence-electron chi connectivity index (χ0n) is 9.03. The fourth-order valence-electron chi connectivity index (χ4n) is 2.21. The summed E-state index contributed by atoms with van der Waals surface area (Å²) in [6, 6.07) is 0. The predicted octanol–water partition coefficient (Wildman–Crippen LogP) is 0.987. The molecule has 1 aliphatic carbocycles. The van der Waals surface area contributed by atoms with Gasteiger partial charge in [-0.2, -0.15) is 4.98 Å². The van der Waals surface area contributed by atoms with Gasteiger partial charge < -0.3 is 15.0 Å². The van der Waals surface area contributed by atoms with Gasteiger partial charge in [-0.25, -0.2) is 0 Å². The molecular formula is C10H17N3O2. The van der Waals surface area contributed by atoms with Gasteiger partial charge in [0.05, 0.1) is 5.41 Å². The largest absolute Gasteiger partial charge is 0.377 e. The Kier molecular flexibility index (Phi) is 3.02. The van der Waals surface area contributed by atoms with Crippen molar-refractivity contribution in [3.05, 3.63) is 11.7 Å². The van der Waals surface area contributed by atoms with Crippen LogP contribution >= 0.6 is 0 Å². The smallest absolute Gasteiger partial charge is 0.234 e. The highest BCUT2D eigenvalue weighted by atomic mass is 16.5. The Bertz CT molecular complexity index is 318. The second-order valence-corrected chi connectivity index (χ2v) is 4.14. The van der Waals surface area contributed by atoms with Crippen LogP contribution in [0.5, 0.6) is 0 Å². The molecule has 1 aliphatic rings. The number of nitrogens with zero attached hydrogens (tertiary/aromatic N) is 2. The summed E-state index contributed by atoms with van der Waals surface area (Å²) < 4.78 is 10.2. The maximum atomic E-state index is 5.83. The Morgan fingerprint density at radius 2 is 2.20 bits per heavy atom. The van der Waals surface area contributed by atoms with Crippen LogP contribution in [0.25, 0.3) is 0 Å². The number of rotatable bonds is 4. The van der Waals surface area contributed by atoms with Gasteiger partial charge in [-0.3, -0.25) is 0 Å². The molecule has 2 rings (SSSR count). The van der Waals surface area contributed by atoms with E-state index in [0.29, 0.717) is 24.9 Å². The molecule has 0 saturated heterocycles. The Labute approximate surface area is 89.0 Å². The summed E-state index contributed by atoms with van der Waals surface area (Å²) in [5.41, 5.74) is 5.75. The van der Waals surface area contributed by atoms with E-state index in [1.54, 1.807) is 7.11 Å². The molecule has 0 bridgehead atoms. The number of hydrogen-bond acceptors (Lipinski definition) is 5. The topological polar surface area (TPSA) is 74.2 Å². The Hall–Kier alpha value is -0.940. The predicted molar refractivity (Wildman–Crippen MR) is 54.2 cm³/mol. The monoisotopic (exact) mass is 211 g/mol. The van der Waals surface area contributed by atoms with Gasteiger partial charge in [-0.15, -0.1) is 0 Å². The summed E-state index contributed by atoms with van der Waals surface area (Å²) in [4.78, 5) is 4.34. The van der Waals surface area contributed by atoms with Crippen molar-refractivity contribution in [3.8, 4) is 0 Å². The highest BCUT2D eigenvalue weighted by Crippen LogP contribution is 2.39. The Morgan fingerprint density at radius 3 is 2.80 bits per heavy atom. The average Bonchev–Trinajstić information content (AvgIpc) is 2.86. The zero-order valence-corrected chi connectivity index (χ0v) is 9.03. The summed E-state index contributed by atoms with van der Waals surface area (Å²) in [6.07, 6.45) is 4.49. The first-order valence-electron chi connectivity index (χ1n) is 5.33. The molecule has 5 nitrogen and oxygen atoms in total. The second-order valence-electron chi connectivity index (χ2n) is 4.14. The third-order valence-electron chi connectivity index (χ3n) is 3.15. The van der Waals surface area contributed by atoms with E-state index < -0.39 is 0 Å². The van der Waals surface area contributed by atoms with Crippen LogP contribution in [-0.2, 0) is 16.8 Å². The summed E-state index contributed by atoms with van der Waals surface area (Å²) in [7, 11) is 1.62. The van der Waals surface area contributed by atoms with Crippen molar-refractivity contribution in [2.45, 2.75) is 37.7 Å². The van der Waals surface area contributed by atoms with Crippen LogP contribution < -0.4 is 5.73 Å². The highest BCUT2D eigenvalue weighted by Gasteiger charge is 2.39. The van der Waals surface area contributed by atoms with E-state index in [0.717, 1.165) is 12.8 Å². The molecule has 0 amide bonds. The Morgan fingerprint density at radius 1 is 1.47 bits per heavy atom. The number of nitrogens with two attached hydrogens (primary N) is 1. The zero-order chi connectivity index (χ0) is 10.7. The van der Waals surface area contributed by atoms with Gasteiger partial charge in [0.2, 0.25) is 5.89 Å². The molecule has 5 heteroatoms. The van der Waals surface area contributed by atoms with Gasteiger partial charge in [-0.1, -0.05) is 18.0 Å². The minimum absolute atomic E-state index is 0.0704. The molecule has 1 aromatic rings. The van der Waals surface area contributed by atoms with Gasteiger partial charge >= 0.3 is 0 Å². The summed E-state index contributed by atoms with van der Waals surface area (Å²) >= 11 is 0. The molecule has 84 valence electrons. The highest BCUT2D eigenvalue weighted by molar-refractivity contribution is 5.08. The quantitative estimate of drug-likeness (QED) is 0.803. The van der Waals surface area contributed by atoms with Crippen molar-refractivity contribution in [2.75, 3.05) is 13.7 Å². The van der Waals surface area contributed by atoms with Crippen LogP contribution in [0.4, 0.5) is 0 Å². The minimum atomic E-state index is -0.0704. The molecule has 1 heterocycles. The van der Waals surface area contributed by atoms with Crippen molar-refractivity contribution in [3.63, 3.8) is 0 Å². The van der Waals surface area contributed by atoms with Crippen LogP contribution in [0, 0.1) is 0 Å². The first kappa shape index (κ1) is 10.6. The van der Waals surface area contributed by atoms with Crippen molar-refractivity contribution < 1.29 is 9.26 Å². The second kappa shape index (κ2) is 4.28. The molecular weight excluding hydrogens is 194 g/mol. The Balaban J connectivity index is 2.19. The number of hydrogen-bond donors (Lipinski definition) is 1. The van der Waals surface area contributed by atoms with E-state index in [4.69, 9.17) is 15.0 Å². The van der Waals surface area contributed by atoms with E-state index in [9.17, 15) is 0 Å². The maximum absolute atomic E-state index is 5.83. The standard InChI is InChI=1S/C10H17N3O2/c1-14-6-8-12-9(15-13-8)10(7-11)4-2-3-5-10/h2-7,11H2,1H3. The lowest BCUT2D eigenvalue weighted by Gasteiger charge is -2.21. The van der Waals surface area contributed by atoms with Gasteiger partial charge in [0.15, 0.2) is 5.82 Å². The van der Waals surface area contributed by atoms with E-state index in [-0.39, 0.29) is 5.41 Å². The summed E-state index contributed by atoms with van der Waals surface area (Å²) in [5.74, 6) is 1.29. The molecule has 0 radical (unpaired) electrons. The van der Waals surface area contributed by atoms with Crippen LogP contribution in [-0.4, -0.2) is 23.8 Å². The molecule has 1 fully saturated rings. The van der Waals surface area contributed by atoms with Gasteiger partial charge in [0.25, 0.3) is 0 Å². The van der Waals surface area contributed by atoms with Crippen LogP contribution in [0.2, 0.25) is 0 Å². The van der Waals surface area contributed by atoms with Crippen LogP contribution in [0.15, 0.2) is 4.52 Å². The van der Waals surface area contributed by atoms with Gasteiger partial charge in [0, 0.05) is 13.7 Å². The molecule has 0 atom stereocenters. The minimum Gasteiger partial charge on any atom is -0.377 e. The summed E-state index contributed by atoms with van der Waals surface area (Å²) in [5, 5.41) is 3.88. The molecule has 0 spiro atoms. The lowest BCUT2D eigenvalue weighted by Crippen LogP contribution is -2.32. The van der Waals surface area contributed by atoms with E-state index in [2.05, 4.69) is 10.1 Å². The van der Waals surface area contributed by atoms with Crippen molar-refractivity contribution in [1.82, 2.24) is 10.1 Å². The molecule has 1 saturated carbocycles. The number of aromatic nitrogens is 2. The molecule has 0 aliphatic heterocycles. The number of methoxy groups -OCH3 is 1. The molecule has 15 heavy (non-hydrogen) atoms. The first-order chi connectivity index (χ1) is 7.30. The van der Waals surface area contributed by atoms with Gasteiger partial charge in [0.1, 0.15) is 6.61 Å². The van der Waals surface area contributed by atoms with Crippen molar-refractivity contribution >= 4 is 0 Å². The third kappa shape index (κ3) is 1.89.